The highest BCUT2D eigenvalue weighted by Gasteiger charge is 2.16. The Balaban J connectivity index is 0.00000225. The van der Waals surface area contributed by atoms with E-state index in [-0.39, 0.29) is 24.0 Å². The minimum Gasteiger partial charge on any atom is -0.370 e. The summed E-state index contributed by atoms with van der Waals surface area (Å²) in [6.07, 6.45) is 7.11. The maximum atomic E-state index is 6.14. The van der Waals surface area contributed by atoms with Gasteiger partial charge in [0.15, 0.2) is 5.96 Å². The van der Waals surface area contributed by atoms with Crippen molar-refractivity contribution in [3.05, 3.63) is 54.1 Å². The topological polar surface area (TPSA) is 59.4 Å². The number of nitrogens with zero attached hydrogens (tertiary/aromatic N) is 4. The summed E-state index contributed by atoms with van der Waals surface area (Å²) in [6.45, 7) is 5.89. The largest absolute Gasteiger partial charge is 0.370 e. The molecular weight excluding hydrogens is 425 g/mol. The first kappa shape index (κ1) is 19.8. The van der Waals surface area contributed by atoms with Crippen molar-refractivity contribution in [3.8, 4) is 0 Å². The first-order valence-corrected chi connectivity index (χ1v) is 8.81. The lowest BCUT2D eigenvalue weighted by Gasteiger charge is -2.31. The Labute approximate surface area is 167 Å². The molecule has 136 valence electrons. The van der Waals surface area contributed by atoms with Crippen LogP contribution in [-0.2, 0) is 13.0 Å². The Morgan fingerprint density at radius 3 is 2.68 bits per heavy atom. The van der Waals surface area contributed by atoms with Crippen molar-refractivity contribution < 1.29 is 0 Å². The van der Waals surface area contributed by atoms with Crippen LogP contribution in [0.25, 0.3) is 0 Å². The summed E-state index contributed by atoms with van der Waals surface area (Å²) < 4.78 is 2.18. The number of hydrogen-bond acceptors (Lipinski definition) is 2. The average molecular weight is 453 g/mol. The van der Waals surface area contributed by atoms with Crippen LogP contribution in [0, 0.1) is 5.92 Å². The maximum absolute atomic E-state index is 6.14. The van der Waals surface area contributed by atoms with Gasteiger partial charge in [0.2, 0.25) is 0 Å². The Morgan fingerprint density at radius 2 is 1.96 bits per heavy atom. The molecular formula is C19H28IN5. The number of likely N-dealkylation sites (tertiary alicyclic amines) is 1. The fourth-order valence-electron chi connectivity index (χ4n) is 3.10. The van der Waals surface area contributed by atoms with E-state index in [0.29, 0.717) is 12.5 Å². The third kappa shape index (κ3) is 5.73. The van der Waals surface area contributed by atoms with E-state index in [2.05, 4.69) is 50.6 Å². The summed E-state index contributed by atoms with van der Waals surface area (Å²) in [5, 5.41) is 0. The predicted octanol–water partition coefficient (Wildman–Crippen LogP) is 3.14. The van der Waals surface area contributed by atoms with Gasteiger partial charge in [-0.2, -0.15) is 0 Å². The molecule has 1 fully saturated rings. The second-order valence-corrected chi connectivity index (χ2v) is 6.62. The minimum absolute atomic E-state index is 0. The van der Waals surface area contributed by atoms with Crippen LogP contribution in [0.4, 0.5) is 0 Å². The number of imidazole rings is 1. The van der Waals surface area contributed by atoms with E-state index in [9.17, 15) is 0 Å². The molecule has 25 heavy (non-hydrogen) atoms. The summed E-state index contributed by atoms with van der Waals surface area (Å²) >= 11 is 0. The van der Waals surface area contributed by atoms with Gasteiger partial charge in [-0.3, -0.25) is 4.99 Å². The van der Waals surface area contributed by atoms with E-state index in [1.165, 1.54) is 18.4 Å². The lowest BCUT2D eigenvalue weighted by molar-refractivity contribution is 0.277. The van der Waals surface area contributed by atoms with Crippen molar-refractivity contribution in [2.75, 3.05) is 19.6 Å². The number of hydrogen-bond donors (Lipinski definition) is 1. The van der Waals surface area contributed by atoms with Crippen molar-refractivity contribution in [1.29, 1.82) is 0 Å². The number of halogens is 1. The number of rotatable bonds is 5. The van der Waals surface area contributed by atoms with Crippen LogP contribution in [0.5, 0.6) is 0 Å². The van der Waals surface area contributed by atoms with Gasteiger partial charge in [-0.15, -0.1) is 24.0 Å². The van der Waals surface area contributed by atoms with Crippen molar-refractivity contribution in [3.63, 3.8) is 0 Å². The molecule has 0 aliphatic carbocycles. The second-order valence-electron chi connectivity index (χ2n) is 6.62. The normalized spacial score (nSPS) is 15.9. The fraction of sp³-hybridized carbons (Fsp3) is 0.474. The smallest absolute Gasteiger partial charge is 0.191 e. The van der Waals surface area contributed by atoms with Crippen molar-refractivity contribution in [1.82, 2.24) is 14.5 Å². The zero-order chi connectivity index (χ0) is 16.8. The van der Waals surface area contributed by atoms with E-state index in [0.717, 1.165) is 37.8 Å². The van der Waals surface area contributed by atoms with Gasteiger partial charge in [-0.05, 0) is 24.3 Å². The van der Waals surface area contributed by atoms with Crippen LogP contribution in [0.2, 0.25) is 0 Å². The third-order valence-corrected chi connectivity index (χ3v) is 4.71. The van der Waals surface area contributed by atoms with Crippen LogP contribution >= 0.6 is 24.0 Å². The summed E-state index contributed by atoms with van der Waals surface area (Å²) in [6, 6.07) is 10.4. The highest BCUT2D eigenvalue weighted by Crippen LogP contribution is 2.15. The molecule has 2 heterocycles. The predicted molar refractivity (Wildman–Crippen MR) is 113 cm³/mol. The second kappa shape index (κ2) is 9.79. The molecule has 1 aliphatic heterocycles. The molecule has 0 atom stereocenters. The SMILES string of the molecule is CC1CCN(C(N)=NCCc2nccn2Cc2ccccc2)CC1.I. The average Bonchev–Trinajstić information content (AvgIpc) is 3.03. The number of aliphatic imine (C=N–C) groups is 1. The van der Waals surface area contributed by atoms with Crippen LogP contribution in [0.3, 0.4) is 0 Å². The first-order chi connectivity index (χ1) is 11.7. The van der Waals surface area contributed by atoms with E-state index in [1.54, 1.807) is 0 Å². The number of piperidine rings is 1. The molecule has 1 saturated heterocycles. The zero-order valence-electron chi connectivity index (χ0n) is 14.8. The summed E-state index contributed by atoms with van der Waals surface area (Å²) in [5.41, 5.74) is 7.42. The molecule has 6 heteroatoms. The van der Waals surface area contributed by atoms with Crippen molar-refractivity contribution >= 4 is 29.9 Å². The molecule has 0 bridgehead atoms. The molecule has 3 rings (SSSR count). The summed E-state index contributed by atoms with van der Waals surface area (Å²) in [4.78, 5) is 11.2. The van der Waals surface area contributed by atoms with E-state index in [1.807, 2.05) is 18.5 Å². The van der Waals surface area contributed by atoms with Crippen LogP contribution in [0.1, 0.15) is 31.2 Å². The lowest BCUT2D eigenvalue weighted by Crippen LogP contribution is -2.42. The van der Waals surface area contributed by atoms with Crippen LogP contribution < -0.4 is 5.73 Å². The van der Waals surface area contributed by atoms with Crippen molar-refractivity contribution in [2.45, 2.75) is 32.7 Å². The van der Waals surface area contributed by atoms with Crippen molar-refractivity contribution in [2.24, 2.45) is 16.6 Å². The fourth-order valence-corrected chi connectivity index (χ4v) is 3.10. The third-order valence-electron chi connectivity index (χ3n) is 4.71. The number of benzene rings is 1. The molecule has 0 amide bonds. The van der Waals surface area contributed by atoms with Gasteiger partial charge in [0.25, 0.3) is 0 Å². The van der Waals surface area contributed by atoms with Crippen LogP contribution in [0.15, 0.2) is 47.7 Å². The molecule has 1 aliphatic rings. The van der Waals surface area contributed by atoms with E-state index < -0.39 is 0 Å². The standard InChI is InChI=1S/C19H27N5.HI/c1-16-8-12-23(13-9-16)19(20)22-10-7-18-21-11-14-24(18)15-17-5-3-2-4-6-17;/h2-6,11,14,16H,7-10,12-13,15H2,1H3,(H2,20,22);1H. The Kier molecular flexibility index (Phi) is 7.74. The van der Waals surface area contributed by atoms with Gasteiger partial charge in [-0.1, -0.05) is 37.3 Å². The summed E-state index contributed by atoms with van der Waals surface area (Å²) in [7, 11) is 0. The molecule has 0 saturated carbocycles. The van der Waals surface area contributed by atoms with Gasteiger partial charge in [0.1, 0.15) is 5.82 Å². The first-order valence-electron chi connectivity index (χ1n) is 8.81. The molecule has 5 nitrogen and oxygen atoms in total. The monoisotopic (exact) mass is 453 g/mol. The molecule has 0 radical (unpaired) electrons. The maximum Gasteiger partial charge on any atom is 0.191 e. The highest BCUT2D eigenvalue weighted by molar-refractivity contribution is 14.0. The Morgan fingerprint density at radius 1 is 1.24 bits per heavy atom. The Hall–Kier alpha value is -1.57. The van der Waals surface area contributed by atoms with Crippen LogP contribution in [-0.4, -0.2) is 40.0 Å². The summed E-state index contributed by atoms with van der Waals surface area (Å²) in [5.74, 6) is 2.55. The molecule has 1 aromatic heterocycles. The van der Waals surface area contributed by atoms with Gasteiger partial charge >= 0.3 is 0 Å². The highest BCUT2D eigenvalue weighted by atomic mass is 127. The zero-order valence-corrected chi connectivity index (χ0v) is 17.2. The minimum atomic E-state index is 0. The number of aromatic nitrogens is 2. The van der Waals surface area contributed by atoms with E-state index >= 15 is 0 Å². The molecule has 1 aromatic carbocycles. The number of guanidine groups is 1. The van der Waals surface area contributed by atoms with Gasteiger partial charge < -0.3 is 15.2 Å². The molecule has 0 unspecified atom stereocenters. The molecule has 0 spiro atoms. The molecule has 2 N–H and O–H groups in total. The lowest BCUT2D eigenvalue weighted by atomic mass is 10.00. The van der Waals surface area contributed by atoms with Gasteiger partial charge in [0.05, 0.1) is 0 Å². The van der Waals surface area contributed by atoms with E-state index in [4.69, 9.17) is 5.73 Å². The van der Waals surface area contributed by atoms with Gasteiger partial charge in [-0.25, -0.2) is 4.98 Å². The Bertz CT molecular complexity index is 659. The van der Waals surface area contributed by atoms with Gasteiger partial charge in [0, 0.05) is 45.0 Å². The quantitative estimate of drug-likeness (QED) is 0.430. The molecule has 2 aromatic rings. The number of nitrogens with two attached hydrogens (primary N) is 1.